The molecule has 0 aliphatic heterocycles. The van der Waals surface area contributed by atoms with Crippen LogP contribution in [-0.2, 0) is 6.42 Å². The first kappa shape index (κ1) is 14.7. The minimum absolute atomic E-state index is 0.321. The molecular formula is C16H24ClNO. The molecule has 0 heterocycles. The number of nitrogens with two attached hydrogens (primary N) is 1. The summed E-state index contributed by atoms with van der Waals surface area (Å²) in [6.45, 7) is 5.25. The number of ether oxygens (including phenoxy) is 1. The van der Waals surface area contributed by atoms with Crippen molar-refractivity contribution in [3.8, 4) is 5.75 Å². The number of rotatable bonds is 4. The minimum atomic E-state index is 0.321. The predicted molar refractivity (Wildman–Crippen MR) is 80.8 cm³/mol. The van der Waals surface area contributed by atoms with Crippen LogP contribution in [0.4, 0.5) is 0 Å². The van der Waals surface area contributed by atoms with Gasteiger partial charge in [-0.25, -0.2) is 0 Å². The summed E-state index contributed by atoms with van der Waals surface area (Å²) in [6.07, 6.45) is 4.61. The van der Waals surface area contributed by atoms with E-state index in [4.69, 9.17) is 22.1 Å². The van der Waals surface area contributed by atoms with Crippen LogP contribution in [0.5, 0.6) is 5.75 Å². The minimum Gasteiger partial charge on any atom is -0.490 e. The molecule has 106 valence electrons. The summed E-state index contributed by atoms with van der Waals surface area (Å²) >= 11 is 6.24. The third-order valence-electron chi connectivity index (χ3n) is 4.31. The van der Waals surface area contributed by atoms with Gasteiger partial charge in [0.05, 0.1) is 6.10 Å². The lowest BCUT2D eigenvalue weighted by molar-refractivity contribution is 0.0997. The normalized spacial score (nSPS) is 27.3. The molecule has 1 aromatic rings. The molecule has 1 saturated carbocycles. The first-order valence-electron chi connectivity index (χ1n) is 7.26. The maximum absolute atomic E-state index is 6.24. The van der Waals surface area contributed by atoms with Crippen molar-refractivity contribution in [3.63, 3.8) is 0 Å². The second-order valence-corrected chi connectivity index (χ2v) is 6.17. The van der Waals surface area contributed by atoms with Gasteiger partial charge in [-0.3, -0.25) is 0 Å². The van der Waals surface area contributed by atoms with Gasteiger partial charge in [-0.15, -0.1) is 0 Å². The van der Waals surface area contributed by atoms with E-state index in [0.717, 1.165) is 47.4 Å². The summed E-state index contributed by atoms with van der Waals surface area (Å²) in [7, 11) is 0. The molecule has 2 N–H and O–H groups in total. The number of hydrogen-bond acceptors (Lipinski definition) is 2. The van der Waals surface area contributed by atoms with Crippen molar-refractivity contribution in [3.05, 3.63) is 28.8 Å². The van der Waals surface area contributed by atoms with Crippen LogP contribution in [-0.4, -0.2) is 12.6 Å². The van der Waals surface area contributed by atoms with Crippen LogP contribution >= 0.6 is 11.6 Å². The lowest BCUT2D eigenvalue weighted by Gasteiger charge is -2.32. The van der Waals surface area contributed by atoms with Gasteiger partial charge in [-0.05, 0) is 56.2 Å². The maximum atomic E-state index is 6.24. The molecule has 3 heteroatoms. The van der Waals surface area contributed by atoms with Crippen molar-refractivity contribution in [2.45, 2.75) is 45.6 Å². The summed E-state index contributed by atoms with van der Waals surface area (Å²) < 4.78 is 6.20. The zero-order chi connectivity index (χ0) is 13.8. The average Bonchev–Trinajstić information content (AvgIpc) is 2.38. The van der Waals surface area contributed by atoms with Crippen LogP contribution in [0.2, 0.25) is 5.02 Å². The van der Waals surface area contributed by atoms with Gasteiger partial charge in [-0.1, -0.05) is 31.5 Å². The molecular weight excluding hydrogens is 258 g/mol. The largest absolute Gasteiger partial charge is 0.490 e. The Morgan fingerprint density at radius 2 is 2.05 bits per heavy atom. The Bertz CT molecular complexity index is 421. The molecule has 0 radical (unpaired) electrons. The van der Waals surface area contributed by atoms with Gasteiger partial charge in [0.2, 0.25) is 0 Å². The molecule has 0 spiro atoms. The fourth-order valence-electron chi connectivity index (χ4n) is 2.82. The number of benzene rings is 1. The van der Waals surface area contributed by atoms with Gasteiger partial charge in [0, 0.05) is 10.6 Å². The van der Waals surface area contributed by atoms with Crippen molar-refractivity contribution < 1.29 is 4.74 Å². The first-order valence-corrected chi connectivity index (χ1v) is 7.63. The van der Waals surface area contributed by atoms with Crippen molar-refractivity contribution >= 4 is 11.6 Å². The molecule has 0 bridgehead atoms. The lowest BCUT2D eigenvalue weighted by atomic mass is 9.80. The van der Waals surface area contributed by atoms with E-state index in [1.54, 1.807) is 0 Å². The molecule has 2 rings (SSSR count). The van der Waals surface area contributed by atoms with E-state index in [1.165, 1.54) is 6.42 Å². The van der Waals surface area contributed by atoms with Crippen molar-refractivity contribution in [1.82, 2.24) is 0 Å². The molecule has 1 aliphatic rings. The van der Waals surface area contributed by atoms with Crippen LogP contribution < -0.4 is 10.5 Å². The van der Waals surface area contributed by atoms with Gasteiger partial charge in [0.1, 0.15) is 5.75 Å². The molecule has 3 atom stereocenters. The Balaban J connectivity index is 2.08. The molecule has 19 heavy (non-hydrogen) atoms. The van der Waals surface area contributed by atoms with Crippen molar-refractivity contribution in [2.75, 3.05) is 6.54 Å². The number of hydrogen-bond donors (Lipinski definition) is 1. The second kappa shape index (κ2) is 6.62. The SMILES string of the molecule is CC1CCC(Oc2cccc(Cl)c2CCN)CC1C. The predicted octanol–water partition coefficient (Wildman–Crippen LogP) is 4.04. The summed E-state index contributed by atoms with van der Waals surface area (Å²) in [5, 5.41) is 0.764. The number of halogens is 1. The van der Waals surface area contributed by atoms with E-state index >= 15 is 0 Å². The van der Waals surface area contributed by atoms with Crippen LogP contribution in [0, 0.1) is 11.8 Å². The van der Waals surface area contributed by atoms with E-state index in [1.807, 2.05) is 18.2 Å². The standard InChI is InChI=1S/C16H24ClNO/c1-11-6-7-13(10-12(11)2)19-16-5-3-4-15(17)14(16)8-9-18/h3-5,11-13H,6-10,18H2,1-2H3. The topological polar surface area (TPSA) is 35.2 Å². The Hall–Kier alpha value is -0.730. The Labute approximate surface area is 121 Å². The molecule has 1 aromatic carbocycles. The van der Waals surface area contributed by atoms with Crippen molar-refractivity contribution in [2.24, 2.45) is 17.6 Å². The molecule has 0 saturated heterocycles. The molecule has 3 unspecified atom stereocenters. The highest BCUT2D eigenvalue weighted by Crippen LogP contribution is 2.34. The maximum Gasteiger partial charge on any atom is 0.124 e. The Kier molecular flexibility index (Phi) is 5.12. The van der Waals surface area contributed by atoms with E-state index in [-0.39, 0.29) is 0 Å². The molecule has 1 aliphatic carbocycles. The molecule has 0 amide bonds. The quantitative estimate of drug-likeness (QED) is 0.904. The second-order valence-electron chi connectivity index (χ2n) is 5.76. The first-order chi connectivity index (χ1) is 9.11. The average molecular weight is 282 g/mol. The summed E-state index contributed by atoms with van der Waals surface area (Å²) in [5.74, 6) is 2.46. The molecule has 0 aromatic heterocycles. The van der Waals surface area contributed by atoms with E-state index in [9.17, 15) is 0 Å². The fraction of sp³-hybridized carbons (Fsp3) is 0.625. The zero-order valence-electron chi connectivity index (χ0n) is 11.9. The highest BCUT2D eigenvalue weighted by molar-refractivity contribution is 6.31. The third kappa shape index (κ3) is 3.64. The van der Waals surface area contributed by atoms with Gasteiger partial charge < -0.3 is 10.5 Å². The van der Waals surface area contributed by atoms with Crippen LogP contribution in [0.1, 0.15) is 38.7 Å². The highest BCUT2D eigenvalue weighted by Gasteiger charge is 2.26. The summed E-state index contributed by atoms with van der Waals surface area (Å²) in [4.78, 5) is 0. The Morgan fingerprint density at radius 3 is 2.74 bits per heavy atom. The lowest BCUT2D eigenvalue weighted by Crippen LogP contribution is -2.29. The Morgan fingerprint density at radius 1 is 1.26 bits per heavy atom. The van der Waals surface area contributed by atoms with Crippen molar-refractivity contribution in [1.29, 1.82) is 0 Å². The van der Waals surface area contributed by atoms with Gasteiger partial charge in [0.15, 0.2) is 0 Å². The molecule has 2 nitrogen and oxygen atoms in total. The monoisotopic (exact) mass is 281 g/mol. The summed E-state index contributed by atoms with van der Waals surface area (Å²) in [6, 6.07) is 5.87. The van der Waals surface area contributed by atoms with Crippen LogP contribution in [0.15, 0.2) is 18.2 Å². The van der Waals surface area contributed by atoms with Gasteiger partial charge >= 0.3 is 0 Å². The van der Waals surface area contributed by atoms with E-state index < -0.39 is 0 Å². The highest BCUT2D eigenvalue weighted by atomic mass is 35.5. The summed E-state index contributed by atoms with van der Waals surface area (Å²) in [5.41, 5.74) is 6.71. The van der Waals surface area contributed by atoms with Gasteiger partial charge in [-0.2, -0.15) is 0 Å². The smallest absolute Gasteiger partial charge is 0.124 e. The molecule has 1 fully saturated rings. The van der Waals surface area contributed by atoms with Crippen LogP contribution in [0.3, 0.4) is 0 Å². The van der Waals surface area contributed by atoms with E-state index in [2.05, 4.69) is 13.8 Å². The third-order valence-corrected chi connectivity index (χ3v) is 4.67. The fourth-order valence-corrected chi connectivity index (χ4v) is 3.08. The zero-order valence-corrected chi connectivity index (χ0v) is 12.6. The van der Waals surface area contributed by atoms with E-state index in [0.29, 0.717) is 12.6 Å². The van der Waals surface area contributed by atoms with Crippen LogP contribution in [0.25, 0.3) is 0 Å². The van der Waals surface area contributed by atoms with Gasteiger partial charge in [0.25, 0.3) is 0 Å².